The second kappa shape index (κ2) is 6.35. The lowest BCUT2D eigenvalue weighted by Crippen LogP contribution is -2.24. The number of ether oxygens (including phenoxy) is 1. The standard InChI is InChI=1S/C10H16N2O4S.ClH/c1-6(11)10(13)7-3-4-8(16-2)9(5-7)17(12,14)15;/h3-6,10,13H,11H2,1-2H3,(H2,12,14,15);1H/i1D3;. The highest BCUT2D eigenvalue weighted by molar-refractivity contribution is 7.89. The van der Waals surface area contributed by atoms with E-state index in [0.717, 1.165) is 6.07 Å². The normalized spacial score (nSPS) is 17.7. The third kappa shape index (κ3) is 3.82. The van der Waals surface area contributed by atoms with Gasteiger partial charge >= 0.3 is 0 Å². The van der Waals surface area contributed by atoms with Gasteiger partial charge in [-0.1, -0.05) is 6.07 Å². The Morgan fingerprint density at radius 1 is 1.50 bits per heavy atom. The summed E-state index contributed by atoms with van der Waals surface area (Å²) in [7, 11) is -2.82. The van der Waals surface area contributed by atoms with E-state index in [4.69, 9.17) is 19.7 Å². The first kappa shape index (κ1) is 12.2. The van der Waals surface area contributed by atoms with Gasteiger partial charge in [-0.2, -0.15) is 0 Å². The second-order valence-electron chi connectivity index (χ2n) is 3.43. The van der Waals surface area contributed by atoms with Crippen LogP contribution in [0.1, 0.15) is 22.6 Å². The number of rotatable bonds is 4. The zero-order valence-corrected chi connectivity index (χ0v) is 11.2. The Morgan fingerprint density at radius 2 is 2.11 bits per heavy atom. The molecule has 6 nitrogen and oxygen atoms in total. The molecule has 104 valence electrons. The number of halogens is 1. The molecule has 0 fully saturated rings. The average molecular weight is 300 g/mol. The Hall–Kier alpha value is -0.860. The Kier molecular flexibility index (Phi) is 4.30. The van der Waals surface area contributed by atoms with E-state index in [1.54, 1.807) is 0 Å². The van der Waals surface area contributed by atoms with Crippen molar-refractivity contribution in [3.05, 3.63) is 23.8 Å². The van der Waals surface area contributed by atoms with Crippen molar-refractivity contribution in [1.82, 2.24) is 0 Å². The van der Waals surface area contributed by atoms with Crippen molar-refractivity contribution in [2.45, 2.75) is 23.9 Å². The van der Waals surface area contributed by atoms with Crippen molar-refractivity contribution in [3.8, 4) is 5.75 Å². The minimum absolute atomic E-state index is 0. The molecule has 8 heteroatoms. The van der Waals surface area contributed by atoms with E-state index in [9.17, 15) is 13.5 Å². The van der Waals surface area contributed by atoms with Crippen LogP contribution in [-0.2, 0) is 10.0 Å². The van der Waals surface area contributed by atoms with Crippen LogP contribution in [0.3, 0.4) is 0 Å². The second-order valence-corrected chi connectivity index (χ2v) is 4.96. The fraction of sp³-hybridized carbons (Fsp3) is 0.400. The minimum atomic E-state index is -4.08. The van der Waals surface area contributed by atoms with Crippen LogP contribution in [0.25, 0.3) is 0 Å². The monoisotopic (exact) mass is 299 g/mol. The summed E-state index contributed by atoms with van der Waals surface area (Å²) in [4.78, 5) is -0.353. The Bertz CT molecular complexity index is 594. The third-order valence-electron chi connectivity index (χ3n) is 2.18. The van der Waals surface area contributed by atoms with Crippen LogP contribution in [0, 0.1) is 0 Å². The summed E-state index contributed by atoms with van der Waals surface area (Å²) in [6.45, 7) is -2.58. The van der Waals surface area contributed by atoms with Gasteiger partial charge in [-0.25, -0.2) is 13.6 Å². The number of primary sulfonamides is 1. The quantitative estimate of drug-likeness (QED) is 0.731. The van der Waals surface area contributed by atoms with Gasteiger partial charge in [0, 0.05) is 10.2 Å². The van der Waals surface area contributed by atoms with Crippen molar-refractivity contribution in [3.63, 3.8) is 0 Å². The molecular formula is C10H17ClN2O4S. The van der Waals surface area contributed by atoms with E-state index in [2.05, 4.69) is 0 Å². The molecule has 0 saturated carbocycles. The fourth-order valence-corrected chi connectivity index (χ4v) is 2.04. The topological polar surface area (TPSA) is 116 Å². The summed E-state index contributed by atoms with van der Waals surface area (Å²) < 4.78 is 49.2. The van der Waals surface area contributed by atoms with E-state index in [0.29, 0.717) is 0 Å². The van der Waals surface area contributed by atoms with Gasteiger partial charge in [-0.05, 0) is 24.5 Å². The van der Waals surface area contributed by atoms with Gasteiger partial charge in [-0.15, -0.1) is 12.4 Å². The molecule has 2 unspecified atom stereocenters. The molecule has 1 aromatic rings. The summed E-state index contributed by atoms with van der Waals surface area (Å²) in [5.74, 6) is -0.00842. The first-order valence-electron chi connectivity index (χ1n) is 6.13. The summed E-state index contributed by atoms with van der Waals surface area (Å²) in [6.07, 6.45) is -1.56. The van der Waals surface area contributed by atoms with Crippen molar-refractivity contribution in [2.24, 2.45) is 10.9 Å². The molecule has 0 heterocycles. The highest BCUT2D eigenvalue weighted by Crippen LogP contribution is 2.27. The van der Waals surface area contributed by atoms with E-state index in [-0.39, 0.29) is 28.6 Å². The van der Waals surface area contributed by atoms with Gasteiger partial charge in [0.1, 0.15) is 10.6 Å². The lowest BCUT2D eigenvalue weighted by Gasteiger charge is -2.16. The van der Waals surface area contributed by atoms with E-state index >= 15 is 0 Å². The molecule has 0 saturated heterocycles. The first-order chi connectivity index (χ1) is 8.98. The molecule has 0 aliphatic rings. The molecule has 0 spiro atoms. The summed E-state index contributed by atoms with van der Waals surface area (Å²) in [5, 5.41) is 14.9. The molecule has 0 aliphatic carbocycles. The highest BCUT2D eigenvalue weighted by Gasteiger charge is 2.19. The van der Waals surface area contributed by atoms with Crippen LogP contribution in [0.15, 0.2) is 23.1 Å². The maximum atomic E-state index is 11.4. The van der Waals surface area contributed by atoms with E-state index < -0.39 is 29.0 Å². The van der Waals surface area contributed by atoms with Crippen molar-refractivity contribution < 1.29 is 22.4 Å². The molecule has 5 N–H and O–H groups in total. The Labute approximate surface area is 117 Å². The van der Waals surface area contributed by atoms with Crippen molar-refractivity contribution in [1.29, 1.82) is 0 Å². The summed E-state index contributed by atoms with van der Waals surface area (Å²) in [5.41, 5.74) is 5.46. The molecular weight excluding hydrogens is 280 g/mol. The maximum absolute atomic E-state index is 11.4. The molecule has 1 rings (SSSR count). The molecule has 0 aliphatic heterocycles. The molecule has 0 aromatic heterocycles. The molecule has 2 atom stereocenters. The molecule has 0 bridgehead atoms. The number of methoxy groups -OCH3 is 1. The Morgan fingerprint density at radius 3 is 2.56 bits per heavy atom. The van der Waals surface area contributed by atoms with Crippen LogP contribution in [-0.4, -0.2) is 26.7 Å². The van der Waals surface area contributed by atoms with Gasteiger partial charge < -0.3 is 15.6 Å². The number of hydrogen-bond donors (Lipinski definition) is 3. The number of aliphatic hydroxyl groups excluding tert-OH is 1. The van der Waals surface area contributed by atoms with Gasteiger partial charge in [0.2, 0.25) is 10.0 Å². The first-order valence-corrected chi connectivity index (χ1v) is 6.17. The number of nitrogens with two attached hydrogens (primary N) is 2. The van der Waals surface area contributed by atoms with Crippen LogP contribution < -0.4 is 15.6 Å². The zero-order valence-electron chi connectivity index (χ0n) is 12.5. The van der Waals surface area contributed by atoms with Gasteiger partial charge in [0.25, 0.3) is 0 Å². The predicted molar refractivity (Wildman–Crippen MR) is 70.2 cm³/mol. The fourth-order valence-electron chi connectivity index (χ4n) is 1.31. The largest absolute Gasteiger partial charge is 0.495 e. The third-order valence-corrected chi connectivity index (χ3v) is 3.11. The maximum Gasteiger partial charge on any atom is 0.241 e. The van der Waals surface area contributed by atoms with Crippen LogP contribution in [0.2, 0.25) is 0 Å². The minimum Gasteiger partial charge on any atom is -0.495 e. The van der Waals surface area contributed by atoms with Crippen LogP contribution >= 0.6 is 12.4 Å². The Balaban J connectivity index is 0.00000400. The highest BCUT2D eigenvalue weighted by atomic mass is 35.5. The number of aliphatic hydroxyl groups is 1. The van der Waals surface area contributed by atoms with Crippen LogP contribution in [0.5, 0.6) is 5.75 Å². The smallest absolute Gasteiger partial charge is 0.241 e. The summed E-state index contributed by atoms with van der Waals surface area (Å²) in [6, 6.07) is 2.09. The summed E-state index contributed by atoms with van der Waals surface area (Å²) >= 11 is 0. The van der Waals surface area contributed by atoms with Crippen molar-refractivity contribution in [2.75, 3.05) is 7.11 Å². The van der Waals surface area contributed by atoms with Crippen LogP contribution in [0.4, 0.5) is 0 Å². The molecule has 18 heavy (non-hydrogen) atoms. The average Bonchev–Trinajstić information content (AvgIpc) is 2.34. The number of benzene rings is 1. The van der Waals surface area contributed by atoms with Gasteiger partial charge in [0.05, 0.1) is 13.2 Å². The SMILES string of the molecule is Cl.[2H]C([2H])([2H])C(N)C(O)c1ccc(OC)c(S(N)(=O)=O)c1. The molecule has 0 radical (unpaired) electrons. The van der Waals surface area contributed by atoms with E-state index in [1.807, 2.05) is 0 Å². The van der Waals surface area contributed by atoms with E-state index in [1.165, 1.54) is 19.2 Å². The van der Waals surface area contributed by atoms with Gasteiger partial charge in [0.15, 0.2) is 0 Å². The lowest BCUT2D eigenvalue weighted by atomic mass is 10.0. The predicted octanol–water partition coefficient (Wildman–Crippen LogP) is 0.145. The molecule has 0 amide bonds. The zero-order chi connectivity index (χ0) is 15.7. The number of hydrogen-bond acceptors (Lipinski definition) is 5. The number of sulfonamides is 1. The molecule has 1 aromatic carbocycles. The van der Waals surface area contributed by atoms with Gasteiger partial charge in [-0.3, -0.25) is 0 Å². The van der Waals surface area contributed by atoms with Crippen molar-refractivity contribution >= 4 is 22.4 Å². The lowest BCUT2D eigenvalue weighted by molar-refractivity contribution is 0.153.